The van der Waals surface area contributed by atoms with Crippen LogP contribution < -0.4 is 0 Å². The number of hydrogen-bond acceptors (Lipinski definition) is 2. The summed E-state index contributed by atoms with van der Waals surface area (Å²) in [5, 5.41) is 9.77. The second-order valence-electron chi connectivity index (χ2n) is 3.49. The third-order valence-corrected chi connectivity index (χ3v) is 3.49. The van der Waals surface area contributed by atoms with E-state index in [1.54, 1.807) is 18.2 Å². The van der Waals surface area contributed by atoms with Crippen molar-refractivity contribution < 1.29 is 9.90 Å². The van der Waals surface area contributed by atoms with E-state index in [9.17, 15) is 4.79 Å². The zero-order chi connectivity index (χ0) is 13.3. The first-order valence-corrected chi connectivity index (χ1v) is 5.96. The number of pyridine rings is 1. The molecule has 0 aliphatic heterocycles. The van der Waals surface area contributed by atoms with Gasteiger partial charge in [0.2, 0.25) is 0 Å². The number of nitrogens with zero attached hydrogens (tertiary/aromatic N) is 1. The van der Waals surface area contributed by atoms with Gasteiger partial charge in [-0.05, 0) is 35.4 Å². The fraction of sp³-hybridized carbons (Fsp3) is 0. The van der Waals surface area contributed by atoms with Gasteiger partial charge in [-0.1, -0.05) is 34.8 Å². The number of hydrogen-bond donors (Lipinski definition) is 1. The summed E-state index contributed by atoms with van der Waals surface area (Å²) in [5.41, 5.74) is 1.29. The summed E-state index contributed by atoms with van der Waals surface area (Å²) in [6.45, 7) is 0. The van der Waals surface area contributed by atoms with Crippen molar-refractivity contribution in [2.75, 3.05) is 0 Å². The molecule has 1 heterocycles. The molecule has 0 saturated carbocycles. The van der Waals surface area contributed by atoms with E-state index in [2.05, 4.69) is 4.98 Å². The predicted octanol–water partition coefficient (Wildman–Crippen LogP) is 4.41. The summed E-state index contributed by atoms with van der Waals surface area (Å²) in [5.74, 6) is -1.09. The molecule has 0 fully saturated rings. The Balaban J connectivity index is 2.55. The van der Waals surface area contributed by atoms with Crippen molar-refractivity contribution in [2.24, 2.45) is 0 Å². The monoisotopic (exact) mass is 301 g/mol. The van der Waals surface area contributed by atoms with Crippen LogP contribution in [0.2, 0.25) is 15.1 Å². The number of halogens is 3. The van der Waals surface area contributed by atoms with Crippen molar-refractivity contribution in [3.63, 3.8) is 0 Å². The molecule has 18 heavy (non-hydrogen) atoms. The standard InChI is InChI=1S/C12H6Cl3NO2/c13-8-3-7(4-9(14)11(8)15)6-1-2-16-10(5-6)12(17)18/h1-5H,(H,17,18). The molecule has 0 aliphatic rings. The Morgan fingerprint density at radius 1 is 1.06 bits per heavy atom. The fourth-order valence-electron chi connectivity index (χ4n) is 1.45. The van der Waals surface area contributed by atoms with Crippen LogP contribution in [0.5, 0.6) is 0 Å². The molecule has 1 aromatic heterocycles. The highest BCUT2D eigenvalue weighted by Gasteiger charge is 2.10. The van der Waals surface area contributed by atoms with Crippen molar-refractivity contribution in [3.8, 4) is 11.1 Å². The lowest BCUT2D eigenvalue weighted by Crippen LogP contribution is -1.99. The van der Waals surface area contributed by atoms with Crippen molar-refractivity contribution in [1.82, 2.24) is 4.98 Å². The summed E-state index contributed by atoms with van der Waals surface area (Å²) in [6, 6.07) is 6.36. The summed E-state index contributed by atoms with van der Waals surface area (Å²) in [4.78, 5) is 14.6. The van der Waals surface area contributed by atoms with Crippen LogP contribution >= 0.6 is 34.8 Å². The van der Waals surface area contributed by atoms with Crippen LogP contribution in [-0.2, 0) is 0 Å². The van der Waals surface area contributed by atoms with Gasteiger partial charge >= 0.3 is 5.97 Å². The lowest BCUT2D eigenvalue weighted by atomic mass is 10.1. The van der Waals surface area contributed by atoms with Crippen LogP contribution in [0.15, 0.2) is 30.5 Å². The Hall–Kier alpha value is -1.29. The molecule has 0 unspecified atom stereocenters. The van der Waals surface area contributed by atoms with Crippen LogP contribution in [0, 0.1) is 0 Å². The molecule has 0 atom stereocenters. The smallest absolute Gasteiger partial charge is 0.354 e. The van der Waals surface area contributed by atoms with Gasteiger partial charge in [0.1, 0.15) is 5.69 Å². The molecular weight excluding hydrogens is 296 g/mol. The molecule has 2 rings (SSSR count). The van der Waals surface area contributed by atoms with Gasteiger partial charge in [-0.2, -0.15) is 0 Å². The predicted molar refractivity (Wildman–Crippen MR) is 71.7 cm³/mol. The van der Waals surface area contributed by atoms with Gasteiger partial charge in [-0.3, -0.25) is 0 Å². The molecule has 0 amide bonds. The Bertz CT molecular complexity index is 605. The van der Waals surface area contributed by atoms with Crippen LogP contribution in [0.4, 0.5) is 0 Å². The molecule has 1 aromatic carbocycles. The number of benzene rings is 1. The Morgan fingerprint density at radius 2 is 1.67 bits per heavy atom. The van der Waals surface area contributed by atoms with E-state index in [0.717, 1.165) is 0 Å². The van der Waals surface area contributed by atoms with E-state index in [1.165, 1.54) is 12.3 Å². The zero-order valence-electron chi connectivity index (χ0n) is 8.82. The van der Waals surface area contributed by atoms with E-state index in [4.69, 9.17) is 39.9 Å². The van der Waals surface area contributed by atoms with Crippen LogP contribution in [0.3, 0.4) is 0 Å². The van der Waals surface area contributed by atoms with Crippen molar-refractivity contribution >= 4 is 40.8 Å². The van der Waals surface area contributed by atoms with Gasteiger partial charge < -0.3 is 5.11 Å². The first kappa shape index (κ1) is 13.1. The third-order valence-electron chi connectivity index (χ3n) is 2.30. The third kappa shape index (κ3) is 2.58. The molecule has 2 aromatic rings. The second-order valence-corrected chi connectivity index (χ2v) is 4.68. The van der Waals surface area contributed by atoms with Gasteiger partial charge in [-0.15, -0.1) is 0 Å². The molecular formula is C12H6Cl3NO2. The van der Waals surface area contributed by atoms with Gasteiger partial charge in [-0.25, -0.2) is 9.78 Å². The van der Waals surface area contributed by atoms with Crippen LogP contribution in [-0.4, -0.2) is 16.1 Å². The van der Waals surface area contributed by atoms with E-state index in [0.29, 0.717) is 21.2 Å². The molecule has 6 heteroatoms. The van der Waals surface area contributed by atoms with Crippen LogP contribution in [0.25, 0.3) is 11.1 Å². The quantitative estimate of drug-likeness (QED) is 0.836. The highest BCUT2D eigenvalue weighted by molar-refractivity contribution is 6.48. The number of carboxylic acid groups (broad SMARTS) is 1. The molecule has 3 nitrogen and oxygen atoms in total. The largest absolute Gasteiger partial charge is 0.477 e. The van der Waals surface area contributed by atoms with E-state index >= 15 is 0 Å². The lowest BCUT2D eigenvalue weighted by molar-refractivity contribution is 0.0690. The molecule has 0 bridgehead atoms. The van der Waals surface area contributed by atoms with Crippen molar-refractivity contribution in [2.45, 2.75) is 0 Å². The Kier molecular flexibility index (Phi) is 3.76. The first-order chi connectivity index (χ1) is 8.49. The number of aromatic carboxylic acids is 1. The molecule has 1 N–H and O–H groups in total. The van der Waals surface area contributed by atoms with Crippen LogP contribution in [0.1, 0.15) is 10.5 Å². The number of carbonyl (C=O) groups is 1. The Morgan fingerprint density at radius 3 is 2.22 bits per heavy atom. The van der Waals surface area contributed by atoms with Crippen molar-refractivity contribution in [1.29, 1.82) is 0 Å². The lowest BCUT2D eigenvalue weighted by Gasteiger charge is -2.06. The minimum absolute atomic E-state index is 0.0466. The number of carboxylic acids is 1. The SMILES string of the molecule is O=C(O)c1cc(-c2cc(Cl)c(Cl)c(Cl)c2)ccn1. The van der Waals surface area contributed by atoms with Gasteiger partial charge in [0.05, 0.1) is 15.1 Å². The van der Waals surface area contributed by atoms with Gasteiger partial charge in [0.25, 0.3) is 0 Å². The number of rotatable bonds is 2. The summed E-state index contributed by atoms with van der Waals surface area (Å²) in [7, 11) is 0. The Labute approximate surface area is 118 Å². The maximum Gasteiger partial charge on any atom is 0.354 e. The topological polar surface area (TPSA) is 50.2 Å². The fourth-order valence-corrected chi connectivity index (χ4v) is 2.05. The maximum atomic E-state index is 10.8. The van der Waals surface area contributed by atoms with Crippen molar-refractivity contribution in [3.05, 3.63) is 51.2 Å². The average Bonchev–Trinajstić information content (AvgIpc) is 2.35. The minimum atomic E-state index is -1.09. The average molecular weight is 303 g/mol. The molecule has 0 radical (unpaired) electrons. The number of aromatic nitrogens is 1. The first-order valence-electron chi connectivity index (χ1n) is 4.83. The summed E-state index contributed by atoms with van der Waals surface area (Å²) >= 11 is 17.7. The van der Waals surface area contributed by atoms with Gasteiger partial charge in [0, 0.05) is 6.20 Å². The molecule has 92 valence electrons. The van der Waals surface area contributed by atoms with Gasteiger partial charge in [0.15, 0.2) is 0 Å². The molecule has 0 saturated heterocycles. The second kappa shape index (κ2) is 5.14. The highest BCUT2D eigenvalue weighted by atomic mass is 35.5. The maximum absolute atomic E-state index is 10.8. The van der Waals surface area contributed by atoms with E-state index < -0.39 is 5.97 Å². The summed E-state index contributed by atoms with van der Waals surface area (Å²) < 4.78 is 0. The molecule has 0 aliphatic carbocycles. The van der Waals surface area contributed by atoms with E-state index in [-0.39, 0.29) is 10.7 Å². The highest BCUT2D eigenvalue weighted by Crippen LogP contribution is 2.35. The minimum Gasteiger partial charge on any atom is -0.477 e. The zero-order valence-corrected chi connectivity index (χ0v) is 11.1. The van der Waals surface area contributed by atoms with E-state index in [1.807, 2.05) is 0 Å². The molecule has 0 spiro atoms. The normalized spacial score (nSPS) is 10.4. The summed E-state index contributed by atoms with van der Waals surface area (Å²) in [6.07, 6.45) is 1.41.